The van der Waals surface area contributed by atoms with Gasteiger partial charge < -0.3 is 10.6 Å². The van der Waals surface area contributed by atoms with Crippen LogP contribution in [0.1, 0.15) is 37.3 Å². The Kier molecular flexibility index (Phi) is 4.37. The largest absolute Gasteiger partial charge is 0.352 e. The van der Waals surface area contributed by atoms with Gasteiger partial charge in [-0.3, -0.25) is 4.79 Å². The third-order valence-corrected chi connectivity index (χ3v) is 3.54. The molecule has 3 heteroatoms. The average molecular weight is 246 g/mol. The van der Waals surface area contributed by atoms with Crippen LogP contribution in [0, 0.1) is 5.92 Å². The smallest absolute Gasteiger partial charge is 0.224 e. The van der Waals surface area contributed by atoms with Gasteiger partial charge in [-0.1, -0.05) is 38.1 Å². The Hall–Kier alpha value is -1.35. The van der Waals surface area contributed by atoms with Gasteiger partial charge in [0.25, 0.3) is 0 Å². The molecule has 0 saturated carbocycles. The van der Waals surface area contributed by atoms with Crippen LogP contribution in [0.3, 0.4) is 0 Å². The first-order chi connectivity index (χ1) is 8.66. The van der Waals surface area contributed by atoms with E-state index in [9.17, 15) is 4.79 Å². The highest BCUT2D eigenvalue weighted by molar-refractivity contribution is 5.79. The molecule has 0 bridgehead atoms. The fraction of sp³-hybridized carbons (Fsp3) is 0.533. The monoisotopic (exact) mass is 246 g/mol. The van der Waals surface area contributed by atoms with Crippen LogP contribution in [-0.2, 0) is 11.3 Å². The zero-order valence-corrected chi connectivity index (χ0v) is 11.2. The highest BCUT2D eigenvalue weighted by Gasteiger charge is 2.21. The third-order valence-electron chi connectivity index (χ3n) is 3.54. The summed E-state index contributed by atoms with van der Waals surface area (Å²) in [5.41, 5.74) is 2.50. The van der Waals surface area contributed by atoms with Crippen molar-refractivity contribution in [1.82, 2.24) is 10.6 Å². The molecule has 1 fully saturated rings. The molecule has 1 heterocycles. The van der Waals surface area contributed by atoms with Gasteiger partial charge in [0.15, 0.2) is 0 Å². The number of rotatable bonds is 4. The van der Waals surface area contributed by atoms with Crippen molar-refractivity contribution in [2.75, 3.05) is 13.1 Å². The molecule has 2 rings (SSSR count). The summed E-state index contributed by atoms with van der Waals surface area (Å²) >= 11 is 0. The van der Waals surface area contributed by atoms with Crippen molar-refractivity contribution in [3.05, 3.63) is 35.4 Å². The van der Waals surface area contributed by atoms with Crippen molar-refractivity contribution in [3.63, 3.8) is 0 Å². The highest BCUT2D eigenvalue weighted by Crippen LogP contribution is 2.14. The van der Waals surface area contributed by atoms with Crippen LogP contribution in [0.25, 0.3) is 0 Å². The normalized spacial score (nSPS) is 19.2. The maximum absolute atomic E-state index is 11.8. The standard InChI is InChI=1S/C15H22N2O/c1-11(2)13-5-3-12(4-6-13)9-17-15(18)14-7-8-16-10-14/h3-6,11,14,16H,7-10H2,1-2H3,(H,17,18). The van der Waals surface area contributed by atoms with E-state index in [1.165, 1.54) is 11.1 Å². The molecule has 1 saturated heterocycles. The Bertz CT molecular complexity index is 391. The lowest BCUT2D eigenvalue weighted by molar-refractivity contribution is -0.124. The molecule has 1 amide bonds. The van der Waals surface area contributed by atoms with Crippen molar-refractivity contribution < 1.29 is 4.79 Å². The second-order valence-electron chi connectivity index (χ2n) is 5.30. The molecule has 1 aromatic carbocycles. The third kappa shape index (κ3) is 3.33. The summed E-state index contributed by atoms with van der Waals surface area (Å²) in [5.74, 6) is 0.881. The minimum Gasteiger partial charge on any atom is -0.352 e. The number of hydrogen-bond donors (Lipinski definition) is 2. The predicted octanol–water partition coefficient (Wildman–Crippen LogP) is 2.04. The van der Waals surface area contributed by atoms with Crippen molar-refractivity contribution in [2.24, 2.45) is 5.92 Å². The Labute approximate surface area is 109 Å². The van der Waals surface area contributed by atoms with Crippen molar-refractivity contribution in [3.8, 4) is 0 Å². The molecule has 1 aliphatic heterocycles. The number of benzene rings is 1. The average Bonchev–Trinajstić information content (AvgIpc) is 2.90. The van der Waals surface area contributed by atoms with Crippen LogP contribution in [-0.4, -0.2) is 19.0 Å². The Morgan fingerprint density at radius 1 is 1.39 bits per heavy atom. The lowest BCUT2D eigenvalue weighted by atomic mass is 10.0. The number of amides is 1. The van der Waals surface area contributed by atoms with Gasteiger partial charge in [0, 0.05) is 13.1 Å². The van der Waals surface area contributed by atoms with Crippen molar-refractivity contribution >= 4 is 5.91 Å². The number of carbonyl (C=O) groups excluding carboxylic acids is 1. The molecule has 1 atom stereocenters. The second-order valence-corrected chi connectivity index (χ2v) is 5.30. The quantitative estimate of drug-likeness (QED) is 0.853. The van der Waals surface area contributed by atoms with E-state index in [4.69, 9.17) is 0 Å². The zero-order valence-electron chi connectivity index (χ0n) is 11.2. The summed E-state index contributed by atoms with van der Waals surface area (Å²) in [6.45, 7) is 6.78. The number of nitrogens with one attached hydrogen (secondary N) is 2. The molecule has 0 aromatic heterocycles. The minimum absolute atomic E-state index is 0.153. The Balaban J connectivity index is 1.84. The summed E-state index contributed by atoms with van der Waals surface area (Å²) in [6, 6.07) is 8.48. The molecule has 3 nitrogen and oxygen atoms in total. The van der Waals surface area contributed by atoms with Crippen molar-refractivity contribution in [1.29, 1.82) is 0 Å². The van der Waals surface area contributed by atoms with Gasteiger partial charge in [-0.05, 0) is 30.0 Å². The van der Waals surface area contributed by atoms with Gasteiger partial charge in [-0.15, -0.1) is 0 Å². The van der Waals surface area contributed by atoms with Crippen LogP contribution in [0.2, 0.25) is 0 Å². The number of carbonyl (C=O) groups is 1. The topological polar surface area (TPSA) is 41.1 Å². The number of hydrogen-bond acceptors (Lipinski definition) is 2. The SMILES string of the molecule is CC(C)c1ccc(CNC(=O)C2CCNC2)cc1. The van der Waals surface area contributed by atoms with Gasteiger partial charge in [0.05, 0.1) is 5.92 Å². The van der Waals surface area contributed by atoms with E-state index in [-0.39, 0.29) is 11.8 Å². The predicted molar refractivity (Wildman–Crippen MR) is 73.4 cm³/mol. The van der Waals surface area contributed by atoms with Crippen molar-refractivity contribution in [2.45, 2.75) is 32.7 Å². The fourth-order valence-electron chi connectivity index (χ4n) is 2.23. The van der Waals surface area contributed by atoms with E-state index < -0.39 is 0 Å². The van der Waals surface area contributed by atoms with Crippen LogP contribution < -0.4 is 10.6 Å². The summed E-state index contributed by atoms with van der Waals surface area (Å²) in [4.78, 5) is 11.8. The Morgan fingerprint density at radius 2 is 2.11 bits per heavy atom. The molecule has 0 radical (unpaired) electrons. The lowest BCUT2D eigenvalue weighted by Gasteiger charge is -2.11. The van der Waals surface area contributed by atoms with Gasteiger partial charge in [-0.25, -0.2) is 0 Å². The van der Waals surface area contributed by atoms with Gasteiger partial charge in [-0.2, -0.15) is 0 Å². The van der Waals surface area contributed by atoms with E-state index in [0.717, 1.165) is 19.5 Å². The van der Waals surface area contributed by atoms with Crippen LogP contribution in [0.5, 0.6) is 0 Å². The summed E-state index contributed by atoms with van der Waals surface area (Å²) in [5, 5.41) is 6.22. The van der Waals surface area contributed by atoms with E-state index in [2.05, 4.69) is 48.7 Å². The first-order valence-electron chi connectivity index (χ1n) is 6.74. The first-order valence-corrected chi connectivity index (χ1v) is 6.74. The van der Waals surface area contributed by atoms with Gasteiger partial charge in [0.1, 0.15) is 0 Å². The van der Waals surface area contributed by atoms with E-state index >= 15 is 0 Å². The molecule has 1 aliphatic rings. The minimum atomic E-state index is 0.153. The maximum Gasteiger partial charge on any atom is 0.224 e. The zero-order chi connectivity index (χ0) is 13.0. The van der Waals surface area contributed by atoms with Gasteiger partial charge in [0.2, 0.25) is 5.91 Å². The summed E-state index contributed by atoms with van der Waals surface area (Å²) in [7, 11) is 0. The molecular formula is C15H22N2O. The first kappa shape index (κ1) is 13.1. The molecule has 1 aromatic rings. The van der Waals surface area contributed by atoms with Gasteiger partial charge >= 0.3 is 0 Å². The molecule has 2 N–H and O–H groups in total. The molecule has 0 aliphatic carbocycles. The molecule has 98 valence electrons. The summed E-state index contributed by atoms with van der Waals surface area (Å²) in [6.07, 6.45) is 0.956. The van der Waals surface area contributed by atoms with E-state index in [1.807, 2.05) is 0 Å². The lowest BCUT2D eigenvalue weighted by Crippen LogP contribution is -2.31. The van der Waals surface area contributed by atoms with Crippen LogP contribution in [0.15, 0.2) is 24.3 Å². The van der Waals surface area contributed by atoms with E-state index in [0.29, 0.717) is 12.5 Å². The Morgan fingerprint density at radius 3 is 2.67 bits per heavy atom. The summed E-state index contributed by atoms with van der Waals surface area (Å²) < 4.78 is 0. The molecule has 0 spiro atoms. The molecule has 1 unspecified atom stereocenters. The second kappa shape index (κ2) is 6.01. The molecule has 18 heavy (non-hydrogen) atoms. The highest BCUT2D eigenvalue weighted by atomic mass is 16.1. The van der Waals surface area contributed by atoms with Crippen LogP contribution >= 0.6 is 0 Å². The maximum atomic E-state index is 11.8. The molecular weight excluding hydrogens is 224 g/mol. The fourth-order valence-corrected chi connectivity index (χ4v) is 2.23. The van der Waals surface area contributed by atoms with E-state index in [1.54, 1.807) is 0 Å². The van der Waals surface area contributed by atoms with Crippen LogP contribution in [0.4, 0.5) is 0 Å².